The maximum atomic E-state index is 2.54. The number of rotatable bonds is 3. The van der Waals surface area contributed by atoms with Crippen LogP contribution in [0.2, 0.25) is 13.1 Å². The Morgan fingerprint density at radius 2 is 1.70 bits per heavy atom. The summed E-state index contributed by atoms with van der Waals surface area (Å²) in [5, 5.41) is 0. The summed E-state index contributed by atoms with van der Waals surface area (Å²) in [6, 6.07) is 17.7. The van der Waals surface area contributed by atoms with Gasteiger partial charge in [0.2, 0.25) is 0 Å². The normalized spacial score (nSPS) is 17.0. The Morgan fingerprint density at radius 3 is 2.40 bits per heavy atom. The van der Waals surface area contributed by atoms with Gasteiger partial charge in [-0.3, -0.25) is 0 Å². The summed E-state index contributed by atoms with van der Waals surface area (Å²) in [6.45, 7) is 7.42. The van der Waals surface area contributed by atoms with Gasteiger partial charge < -0.3 is 0 Å². The van der Waals surface area contributed by atoms with Crippen LogP contribution in [0.3, 0.4) is 0 Å². The molecule has 0 spiro atoms. The minimum absolute atomic E-state index is 0.357. The zero-order chi connectivity index (χ0) is 14.1. The van der Waals surface area contributed by atoms with Crippen molar-refractivity contribution in [1.29, 1.82) is 0 Å². The van der Waals surface area contributed by atoms with Gasteiger partial charge in [0.1, 0.15) is 0 Å². The van der Waals surface area contributed by atoms with E-state index < -0.39 is 22.1 Å². The van der Waals surface area contributed by atoms with E-state index in [4.69, 9.17) is 0 Å². The Labute approximate surface area is 133 Å². The minimum atomic E-state index is -0.495. The summed E-state index contributed by atoms with van der Waals surface area (Å²) >= 11 is -0.495. The molecule has 0 bridgehead atoms. The predicted molar refractivity (Wildman–Crippen MR) is 87.1 cm³/mol. The molecule has 1 aliphatic rings. The molecule has 0 heterocycles. The molecular weight excluding hydrogens is 423 g/mol. The molecule has 20 heavy (non-hydrogen) atoms. The third kappa shape index (κ3) is 2.68. The van der Waals surface area contributed by atoms with Gasteiger partial charge in [0, 0.05) is 0 Å². The van der Waals surface area contributed by atoms with Gasteiger partial charge in [-0.05, 0) is 0 Å². The van der Waals surface area contributed by atoms with E-state index in [9.17, 15) is 0 Å². The fourth-order valence-electron chi connectivity index (χ4n) is 2.98. The van der Waals surface area contributed by atoms with Crippen LogP contribution in [0.15, 0.2) is 54.1 Å². The molecular formula is C18H20HfSi. The Balaban J connectivity index is 2.08. The molecule has 3 rings (SSSR count). The third-order valence-electron chi connectivity index (χ3n) is 3.86. The molecule has 1 aliphatic carbocycles. The van der Waals surface area contributed by atoms with E-state index in [2.05, 4.69) is 74.6 Å². The topological polar surface area (TPSA) is 0 Å². The van der Waals surface area contributed by atoms with Gasteiger partial charge in [0.25, 0.3) is 0 Å². The number of hydrogen-bond donors (Lipinski definition) is 0. The van der Waals surface area contributed by atoms with E-state index >= 15 is 0 Å². The summed E-state index contributed by atoms with van der Waals surface area (Å²) in [5.74, 6) is -0.357. The van der Waals surface area contributed by atoms with Crippen molar-refractivity contribution in [2.75, 3.05) is 0 Å². The second-order valence-electron chi connectivity index (χ2n) is 5.82. The van der Waals surface area contributed by atoms with Crippen molar-refractivity contribution >= 4 is 12.1 Å². The van der Waals surface area contributed by atoms with E-state index in [1.807, 2.05) is 0 Å². The second-order valence-corrected chi connectivity index (χ2v) is 26.6. The van der Waals surface area contributed by atoms with Gasteiger partial charge in [-0.1, -0.05) is 0 Å². The fraction of sp³-hybridized carbons (Fsp3) is 0.222. The zero-order valence-corrected chi connectivity index (χ0v) is 17.1. The van der Waals surface area contributed by atoms with Crippen LogP contribution in [-0.4, -0.2) is 5.98 Å². The summed E-state index contributed by atoms with van der Waals surface area (Å²) in [5.41, 5.74) is 7.53. The maximum absolute atomic E-state index is 2.54. The molecule has 0 N–H and O–H groups in total. The molecule has 1 unspecified atom stereocenters. The standard InChI is InChI=1S/C16H13.C2H7Si.Hf/c1-12-10-14-8-5-9-15(16(14)11-12)13-6-3-2-4-7-13;1-3-2;/h2-11H,1H3;3H,1-2H3;. The van der Waals surface area contributed by atoms with Crippen molar-refractivity contribution in [2.45, 2.75) is 23.7 Å². The summed E-state index contributed by atoms with van der Waals surface area (Å²) in [7, 11) is 0. The first kappa shape index (κ1) is 14.2. The average Bonchev–Trinajstić information content (AvgIpc) is 2.76. The van der Waals surface area contributed by atoms with Crippen LogP contribution in [0.5, 0.6) is 0 Å². The molecule has 2 aromatic rings. The SMILES string of the molecule is CC1=Cc2c(-c3ccccc3)cccc2[CH]1[Hf][SiH](C)C. The molecule has 0 radical (unpaired) electrons. The first-order valence-corrected chi connectivity index (χ1v) is 18.5. The first-order chi connectivity index (χ1) is 9.66. The average molecular weight is 443 g/mol. The van der Waals surface area contributed by atoms with Crippen LogP contribution in [-0.2, 0) is 22.1 Å². The summed E-state index contributed by atoms with van der Waals surface area (Å²) in [4.78, 5) is 0. The van der Waals surface area contributed by atoms with E-state index in [0.29, 0.717) is 0 Å². The van der Waals surface area contributed by atoms with Crippen LogP contribution in [0.25, 0.3) is 17.2 Å². The quantitative estimate of drug-likeness (QED) is 0.594. The first-order valence-electron chi connectivity index (χ1n) is 7.29. The van der Waals surface area contributed by atoms with Crippen molar-refractivity contribution in [3.63, 3.8) is 0 Å². The number of allylic oxidation sites excluding steroid dienone is 1. The predicted octanol–water partition coefficient (Wildman–Crippen LogP) is 4.88. The molecule has 100 valence electrons. The molecule has 2 aromatic carbocycles. The molecule has 0 aliphatic heterocycles. The Bertz CT molecular complexity index is 644. The zero-order valence-electron chi connectivity index (χ0n) is 12.4. The number of hydrogen-bond acceptors (Lipinski definition) is 0. The van der Waals surface area contributed by atoms with Crippen molar-refractivity contribution in [2.24, 2.45) is 0 Å². The Hall–Kier alpha value is -0.733. The van der Waals surface area contributed by atoms with E-state index in [1.165, 1.54) is 16.7 Å². The van der Waals surface area contributed by atoms with Crippen LogP contribution in [0, 0.1) is 0 Å². The molecule has 0 amide bonds. The van der Waals surface area contributed by atoms with Crippen molar-refractivity contribution in [3.05, 3.63) is 65.2 Å². The van der Waals surface area contributed by atoms with Gasteiger partial charge in [0.05, 0.1) is 0 Å². The van der Waals surface area contributed by atoms with Gasteiger partial charge in [-0.2, -0.15) is 0 Å². The summed E-state index contributed by atoms with van der Waals surface area (Å²) in [6.07, 6.45) is 2.46. The van der Waals surface area contributed by atoms with Crippen LogP contribution in [0.1, 0.15) is 21.7 Å². The Morgan fingerprint density at radius 1 is 0.950 bits per heavy atom. The molecule has 2 heteroatoms. The van der Waals surface area contributed by atoms with Gasteiger partial charge in [-0.25, -0.2) is 0 Å². The molecule has 0 aromatic heterocycles. The van der Waals surface area contributed by atoms with E-state index in [0.717, 1.165) is 3.67 Å². The monoisotopic (exact) mass is 444 g/mol. The fourth-order valence-corrected chi connectivity index (χ4v) is 17.2. The number of fused-ring (bicyclic) bond motifs is 1. The number of benzene rings is 2. The van der Waals surface area contributed by atoms with Gasteiger partial charge in [-0.15, -0.1) is 0 Å². The molecule has 0 fully saturated rings. The second kappa shape index (κ2) is 5.95. The molecule has 0 saturated heterocycles. The molecule has 0 saturated carbocycles. The Kier molecular flexibility index (Phi) is 4.23. The van der Waals surface area contributed by atoms with Gasteiger partial charge >= 0.3 is 134 Å². The van der Waals surface area contributed by atoms with E-state index in [1.54, 1.807) is 11.1 Å². The molecule has 0 nitrogen and oxygen atoms in total. The van der Waals surface area contributed by atoms with Crippen molar-refractivity contribution < 1.29 is 22.1 Å². The summed E-state index contributed by atoms with van der Waals surface area (Å²) < 4.78 is 0.861. The van der Waals surface area contributed by atoms with Crippen LogP contribution in [0.4, 0.5) is 0 Å². The van der Waals surface area contributed by atoms with E-state index in [-0.39, 0.29) is 5.98 Å². The van der Waals surface area contributed by atoms with Gasteiger partial charge in [0.15, 0.2) is 0 Å². The van der Waals surface area contributed by atoms with Crippen LogP contribution >= 0.6 is 0 Å². The molecule has 1 atom stereocenters. The van der Waals surface area contributed by atoms with Crippen molar-refractivity contribution in [1.82, 2.24) is 0 Å². The third-order valence-corrected chi connectivity index (χ3v) is 18.4. The van der Waals surface area contributed by atoms with Crippen molar-refractivity contribution in [3.8, 4) is 11.1 Å². The van der Waals surface area contributed by atoms with Crippen LogP contribution < -0.4 is 0 Å².